The lowest BCUT2D eigenvalue weighted by Gasteiger charge is -2.12. The lowest BCUT2D eigenvalue weighted by molar-refractivity contribution is 0.222. The van der Waals surface area contributed by atoms with Crippen molar-refractivity contribution in [1.29, 1.82) is 0 Å². The van der Waals surface area contributed by atoms with Crippen LogP contribution in [0.5, 0.6) is 0 Å². The molecule has 0 rings (SSSR count). The summed E-state index contributed by atoms with van der Waals surface area (Å²) in [6.07, 6.45) is 0. The zero-order chi connectivity index (χ0) is 10.4. The van der Waals surface area contributed by atoms with E-state index in [1.165, 1.54) is 0 Å². The van der Waals surface area contributed by atoms with Gasteiger partial charge in [0.25, 0.3) is 0 Å². The van der Waals surface area contributed by atoms with Gasteiger partial charge in [0.15, 0.2) is 5.96 Å². The number of hydrogen-bond donors (Lipinski definition) is 4. The van der Waals surface area contributed by atoms with Crippen LogP contribution in [0, 0.1) is 5.92 Å². The number of aliphatic hydroxyl groups is 1. The fourth-order valence-electron chi connectivity index (χ4n) is 0.650. The van der Waals surface area contributed by atoms with Gasteiger partial charge in [-0.1, -0.05) is 6.92 Å². The van der Waals surface area contributed by atoms with Crippen molar-refractivity contribution in [2.45, 2.75) is 19.9 Å². The van der Waals surface area contributed by atoms with E-state index < -0.39 is 0 Å². The maximum absolute atomic E-state index is 8.80. The molecule has 0 aliphatic heterocycles. The number of aliphatic hydroxyl groups excluding tert-OH is 1. The molecule has 76 valence electrons. The monoisotopic (exact) mass is 187 g/mol. The lowest BCUT2D eigenvalue weighted by atomic mass is 10.1. The van der Waals surface area contributed by atoms with Crippen molar-refractivity contribution in [2.75, 3.05) is 6.61 Å². The van der Waals surface area contributed by atoms with E-state index in [1.807, 2.05) is 13.8 Å². The summed E-state index contributed by atoms with van der Waals surface area (Å²) in [7, 11) is 0. The summed E-state index contributed by atoms with van der Waals surface area (Å²) in [5, 5.41) is 8.80. The Labute approximate surface area is 77.5 Å². The van der Waals surface area contributed by atoms with E-state index in [9.17, 15) is 0 Å². The van der Waals surface area contributed by atoms with Crippen LogP contribution in [-0.2, 0) is 0 Å². The fourth-order valence-corrected chi connectivity index (χ4v) is 0.650. The Bertz CT molecular complexity index is 209. The van der Waals surface area contributed by atoms with E-state index in [0.29, 0.717) is 0 Å². The molecule has 6 nitrogen and oxygen atoms in total. The molecule has 0 saturated carbocycles. The van der Waals surface area contributed by atoms with E-state index in [4.69, 9.17) is 22.3 Å². The van der Waals surface area contributed by atoms with Crippen LogP contribution in [0.15, 0.2) is 9.98 Å². The van der Waals surface area contributed by atoms with Crippen LogP contribution >= 0.6 is 0 Å². The minimum absolute atomic E-state index is 0.0350. The molecule has 7 N–H and O–H groups in total. The maximum Gasteiger partial charge on any atom is 0.218 e. The number of aliphatic imine (C=N–C) groups is 2. The molecule has 13 heavy (non-hydrogen) atoms. The molecule has 0 amide bonds. The third-order valence-electron chi connectivity index (χ3n) is 1.69. The molecule has 2 atom stereocenters. The summed E-state index contributed by atoms with van der Waals surface area (Å²) in [6, 6.07) is -0.104. The third-order valence-corrected chi connectivity index (χ3v) is 1.69. The predicted octanol–water partition coefficient (Wildman–Crippen LogP) is -1.41. The van der Waals surface area contributed by atoms with Crippen LogP contribution in [0.2, 0.25) is 0 Å². The van der Waals surface area contributed by atoms with E-state index >= 15 is 0 Å². The number of nitrogens with two attached hydrogens (primary N) is 3. The summed E-state index contributed by atoms with van der Waals surface area (Å²) >= 11 is 0. The Morgan fingerprint density at radius 3 is 2.23 bits per heavy atom. The van der Waals surface area contributed by atoms with Crippen molar-refractivity contribution in [2.24, 2.45) is 33.1 Å². The number of rotatable bonds is 3. The highest BCUT2D eigenvalue weighted by atomic mass is 16.3. The van der Waals surface area contributed by atoms with Crippen molar-refractivity contribution in [1.82, 2.24) is 0 Å². The molecular formula is C7H17N5O. The summed E-state index contributed by atoms with van der Waals surface area (Å²) in [5.41, 5.74) is 15.6. The Kier molecular flexibility index (Phi) is 4.83. The van der Waals surface area contributed by atoms with Crippen molar-refractivity contribution in [3.8, 4) is 0 Å². The van der Waals surface area contributed by atoms with Crippen molar-refractivity contribution < 1.29 is 5.11 Å². The van der Waals surface area contributed by atoms with E-state index in [-0.39, 0.29) is 30.5 Å². The van der Waals surface area contributed by atoms with E-state index in [2.05, 4.69) is 9.98 Å². The molecule has 0 aliphatic rings. The van der Waals surface area contributed by atoms with Gasteiger partial charge in [-0.3, -0.25) is 0 Å². The molecular weight excluding hydrogens is 170 g/mol. The van der Waals surface area contributed by atoms with Crippen LogP contribution in [0.4, 0.5) is 0 Å². The number of hydrogen-bond acceptors (Lipinski definition) is 2. The minimum Gasteiger partial charge on any atom is -0.396 e. The van der Waals surface area contributed by atoms with Gasteiger partial charge in [-0.05, 0) is 6.92 Å². The first-order valence-corrected chi connectivity index (χ1v) is 4.01. The standard InChI is InChI=1S/C7H17N5O/c1-4(3-13)5(2)11-7(10)12-6(8)9/h4-5,13H,3H2,1-2H3,(H6,8,9,10,11,12). The molecule has 2 unspecified atom stereocenters. The highest BCUT2D eigenvalue weighted by Gasteiger charge is 2.09. The smallest absolute Gasteiger partial charge is 0.218 e. The molecule has 0 radical (unpaired) electrons. The molecule has 0 heterocycles. The quantitative estimate of drug-likeness (QED) is 0.320. The zero-order valence-corrected chi connectivity index (χ0v) is 7.94. The van der Waals surface area contributed by atoms with E-state index in [1.54, 1.807) is 0 Å². The first-order valence-electron chi connectivity index (χ1n) is 4.01. The van der Waals surface area contributed by atoms with Gasteiger partial charge in [0.1, 0.15) is 0 Å². The maximum atomic E-state index is 8.80. The lowest BCUT2D eigenvalue weighted by Crippen LogP contribution is -2.28. The van der Waals surface area contributed by atoms with Gasteiger partial charge >= 0.3 is 0 Å². The molecule has 0 aromatic rings. The number of guanidine groups is 2. The molecule has 0 bridgehead atoms. The second-order valence-electron chi connectivity index (χ2n) is 2.92. The van der Waals surface area contributed by atoms with E-state index in [0.717, 1.165) is 0 Å². The summed E-state index contributed by atoms with van der Waals surface area (Å²) in [4.78, 5) is 7.53. The van der Waals surface area contributed by atoms with Crippen LogP contribution in [0.3, 0.4) is 0 Å². The van der Waals surface area contributed by atoms with Gasteiger partial charge < -0.3 is 22.3 Å². The summed E-state index contributed by atoms with van der Waals surface area (Å²) in [6.45, 7) is 3.74. The molecule has 0 spiro atoms. The molecule has 0 aromatic heterocycles. The van der Waals surface area contributed by atoms with Crippen LogP contribution in [-0.4, -0.2) is 29.7 Å². The van der Waals surface area contributed by atoms with Gasteiger partial charge in [0.2, 0.25) is 5.96 Å². The second-order valence-corrected chi connectivity index (χ2v) is 2.92. The Balaban J connectivity index is 4.30. The Hall–Kier alpha value is -1.30. The summed E-state index contributed by atoms with van der Waals surface area (Å²) in [5.74, 6) is -0.0503. The molecule has 0 fully saturated rings. The number of nitrogens with zero attached hydrogens (tertiary/aromatic N) is 2. The van der Waals surface area contributed by atoms with Gasteiger partial charge in [-0.15, -0.1) is 0 Å². The van der Waals surface area contributed by atoms with Gasteiger partial charge in [-0.2, -0.15) is 4.99 Å². The predicted molar refractivity (Wildman–Crippen MR) is 53.1 cm³/mol. The van der Waals surface area contributed by atoms with Crippen molar-refractivity contribution in [3.63, 3.8) is 0 Å². The normalized spacial score (nSPS) is 16.4. The Morgan fingerprint density at radius 1 is 1.31 bits per heavy atom. The molecule has 0 saturated heterocycles. The minimum atomic E-state index is -0.120. The molecule has 6 heteroatoms. The summed E-state index contributed by atoms with van der Waals surface area (Å²) < 4.78 is 0. The topological polar surface area (TPSA) is 123 Å². The van der Waals surface area contributed by atoms with Gasteiger partial charge in [0, 0.05) is 12.5 Å². The Morgan fingerprint density at radius 2 is 1.85 bits per heavy atom. The van der Waals surface area contributed by atoms with Crippen LogP contribution in [0.25, 0.3) is 0 Å². The first-order chi connectivity index (χ1) is 5.97. The zero-order valence-electron chi connectivity index (χ0n) is 7.94. The van der Waals surface area contributed by atoms with Gasteiger partial charge in [-0.25, -0.2) is 4.99 Å². The van der Waals surface area contributed by atoms with Crippen LogP contribution < -0.4 is 17.2 Å². The largest absolute Gasteiger partial charge is 0.396 e. The SMILES string of the molecule is CC(CO)C(C)N=C(N)N=C(N)N. The average Bonchev–Trinajstić information content (AvgIpc) is 2.01. The second kappa shape index (κ2) is 5.36. The highest BCUT2D eigenvalue weighted by molar-refractivity contribution is 5.92. The van der Waals surface area contributed by atoms with Gasteiger partial charge in [0.05, 0.1) is 6.04 Å². The van der Waals surface area contributed by atoms with Crippen LogP contribution in [0.1, 0.15) is 13.8 Å². The van der Waals surface area contributed by atoms with Crippen molar-refractivity contribution >= 4 is 11.9 Å². The highest BCUT2D eigenvalue weighted by Crippen LogP contribution is 2.04. The fraction of sp³-hybridized carbons (Fsp3) is 0.714. The van der Waals surface area contributed by atoms with Crippen molar-refractivity contribution in [3.05, 3.63) is 0 Å². The average molecular weight is 187 g/mol. The third kappa shape index (κ3) is 5.02. The molecule has 0 aromatic carbocycles. The molecule has 0 aliphatic carbocycles. The first kappa shape index (κ1) is 11.7.